The van der Waals surface area contributed by atoms with E-state index in [2.05, 4.69) is 10.5 Å². The van der Waals surface area contributed by atoms with Crippen LogP contribution in [-0.2, 0) is 4.79 Å². The molecule has 1 unspecified atom stereocenters. The number of carbonyl (C=O) groups is 1. The number of nitriles is 1. The molecule has 1 heterocycles. The van der Waals surface area contributed by atoms with Gasteiger partial charge in [-0.05, 0) is 31.5 Å². The molecule has 4 N–H and O–H groups in total. The Morgan fingerprint density at radius 3 is 2.95 bits per heavy atom. The van der Waals surface area contributed by atoms with E-state index in [9.17, 15) is 4.79 Å². The summed E-state index contributed by atoms with van der Waals surface area (Å²) in [6, 6.07) is 9.08. The molecule has 1 atom stereocenters. The molecule has 7 heteroatoms. The molecule has 1 aromatic rings. The zero-order valence-electron chi connectivity index (χ0n) is 11.6. The van der Waals surface area contributed by atoms with Gasteiger partial charge in [0.25, 0.3) is 0 Å². The van der Waals surface area contributed by atoms with Gasteiger partial charge < -0.3 is 10.6 Å². The highest BCUT2D eigenvalue weighted by molar-refractivity contribution is 6.45. The number of rotatable bonds is 4. The Bertz CT molecular complexity index is 645. The molecule has 1 saturated heterocycles. The average Bonchev–Trinajstić information content (AvgIpc) is 2.79. The molecule has 1 aliphatic rings. The Morgan fingerprint density at radius 2 is 2.38 bits per heavy atom. The second-order valence-corrected chi connectivity index (χ2v) is 4.80. The zero-order valence-corrected chi connectivity index (χ0v) is 11.6. The minimum absolute atomic E-state index is 0.101. The zero-order chi connectivity index (χ0) is 15.4. The largest absolute Gasteiger partial charge is 0.382 e. The summed E-state index contributed by atoms with van der Waals surface area (Å²) in [5.41, 5.74) is 9.11. The Labute approximate surface area is 122 Å². The van der Waals surface area contributed by atoms with Crippen molar-refractivity contribution < 1.29 is 4.79 Å². The van der Waals surface area contributed by atoms with Gasteiger partial charge in [-0.1, -0.05) is 6.07 Å². The molecule has 0 bridgehead atoms. The molecule has 108 valence electrons. The number of nitrogens with zero attached hydrogens (tertiary/aromatic N) is 3. The molecular formula is C14H16N6O. The molecule has 1 fully saturated rings. The molecule has 0 aliphatic carbocycles. The van der Waals surface area contributed by atoms with E-state index in [1.165, 1.54) is 0 Å². The minimum atomic E-state index is -0.399. The van der Waals surface area contributed by atoms with Crippen molar-refractivity contribution in [3.8, 4) is 6.07 Å². The summed E-state index contributed by atoms with van der Waals surface area (Å²) >= 11 is 0. The van der Waals surface area contributed by atoms with Crippen LogP contribution < -0.4 is 16.1 Å². The van der Waals surface area contributed by atoms with Gasteiger partial charge in [0.1, 0.15) is 6.07 Å². The number of hydrogen-bond acceptors (Lipinski definition) is 5. The van der Waals surface area contributed by atoms with Crippen LogP contribution in [0.5, 0.6) is 0 Å². The van der Waals surface area contributed by atoms with Gasteiger partial charge in [-0.25, -0.2) is 0 Å². The third kappa shape index (κ3) is 3.17. The fourth-order valence-electron chi connectivity index (χ4n) is 2.22. The smallest absolute Gasteiger partial charge is 0.227 e. The van der Waals surface area contributed by atoms with Crippen LogP contribution in [0.1, 0.15) is 19.8 Å². The van der Waals surface area contributed by atoms with Crippen LogP contribution in [0, 0.1) is 16.7 Å². The van der Waals surface area contributed by atoms with Crippen molar-refractivity contribution in [2.75, 3.05) is 10.3 Å². The molecule has 21 heavy (non-hydrogen) atoms. The summed E-state index contributed by atoms with van der Waals surface area (Å²) in [6.07, 6.45) is 1.40. The first-order valence-electron chi connectivity index (χ1n) is 6.53. The van der Waals surface area contributed by atoms with Gasteiger partial charge in [0.05, 0.1) is 5.69 Å². The summed E-state index contributed by atoms with van der Waals surface area (Å²) in [7, 11) is 0. The number of carbonyl (C=O) groups excluding carboxylic acids is 1. The van der Waals surface area contributed by atoms with Crippen LogP contribution >= 0.6 is 0 Å². The molecule has 0 radical (unpaired) electrons. The highest BCUT2D eigenvalue weighted by Gasteiger charge is 2.28. The van der Waals surface area contributed by atoms with Gasteiger partial charge in [0, 0.05) is 18.2 Å². The topological polar surface area (TPSA) is 118 Å². The molecule has 2 rings (SSSR count). The SMILES string of the molecule is CC1CCC(=O)N1c1cccc(N/N=C(\C#N)C(=N)N)c1. The number of amidine groups is 1. The van der Waals surface area contributed by atoms with Crippen molar-refractivity contribution in [2.24, 2.45) is 10.8 Å². The number of anilines is 2. The third-order valence-electron chi connectivity index (χ3n) is 3.27. The number of hydrazone groups is 1. The normalized spacial score (nSPS) is 18.5. The second kappa shape index (κ2) is 6.05. The predicted molar refractivity (Wildman–Crippen MR) is 81.2 cm³/mol. The Balaban J connectivity index is 2.21. The fraction of sp³-hybridized carbons (Fsp3) is 0.286. The summed E-state index contributed by atoms with van der Waals surface area (Å²) < 4.78 is 0. The summed E-state index contributed by atoms with van der Waals surface area (Å²) in [4.78, 5) is 13.6. The van der Waals surface area contributed by atoms with Crippen LogP contribution in [0.4, 0.5) is 11.4 Å². The van der Waals surface area contributed by atoms with E-state index in [1.807, 2.05) is 13.0 Å². The minimum Gasteiger partial charge on any atom is -0.382 e. The predicted octanol–water partition coefficient (Wildman–Crippen LogP) is 1.43. The van der Waals surface area contributed by atoms with Crippen molar-refractivity contribution in [1.29, 1.82) is 10.7 Å². The lowest BCUT2D eigenvalue weighted by Gasteiger charge is -2.22. The first kappa shape index (κ1) is 14.5. The van der Waals surface area contributed by atoms with Crippen molar-refractivity contribution in [3.63, 3.8) is 0 Å². The van der Waals surface area contributed by atoms with Gasteiger partial charge >= 0.3 is 0 Å². The molecule has 1 aliphatic heterocycles. The standard InChI is InChI=1S/C14H16N6O/c1-9-5-6-13(21)20(9)11-4-2-3-10(7-11)18-19-12(8-15)14(16)17/h2-4,7,9,18H,5-6H2,1H3,(H3,16,17)/b19-12+. The Morgan fingerprint density at radius 1 is 1.62 bits per heavy atom. The van der Waals surface area contributed by atoms with E-state index in [1.54, 1.807) is 29.2 Å². The maximum Gasteiger partial charge on any atom is 0.227 e. The number of benzene rings is 1. The average molecular weight is 284 g/mol. The van der Waals surface area contributed by atoms with Gasteiger partial charge in [0.15, 0.2) is 5.84 Å². The monoisotopic (exact) mass is 284 g/mol. The Kier molecular flexibility index (Phi) is 4.18. The highest BCUT2D eigenvalue weighted by atomic mass is 16.2. The quantitative estimate of drug-likeness (QED) is 0.440. The molecule has 0 spiro atoms. The van der Waals surface area contributed by atoms with Crippen molar-refractivity contribution in [3.05, 3.63) is 24.3 Å². The van der Waals surface area contributed by atoms with Crippen LogP contribution in [0.3, 0.4) is 0 Å². The summed E-state index contributed by atoms with van der Waals surface area (Å²) in [5.74, 6) is -0.297. The van der Waals surface area contributed by atoms with Crippen molar-refractivity contribution in [1.82, 2.24) is 0 Å². The maximum atomic E-state index is 11.9. The fourth-order valence-corrected chi connectivity index (χ4v) is 2.22. The van der Waals surface area contributed by atoms with Crippen LogP contribution in [0.15, 0.2) is 29.4 Å². The number of amides is 1. The van der Waals surface area contributed by atoms with E-state index in [-0.39, 0.29) is 17.7 Å². The van der Waals surface area contributed by atoms with Crippen molar-refractivity contribution in [2.45, 2.75) is 25.8 Å². The van der Waals surface area contributed by atoms with Crippen molar-refractivity contribution >= 4 is 28.8 Å². The van der Waals surface area contributed by atoms with Gasteiger partial charge in [-0.2, -0.15) is 10.4 Å². The Hall–Kier alpha value is -2.88. The number of nitrogens with two attached hydrogens (primary N) is 1. The molecule has 0 saturated carbocycles. The lowest BCUT2D eigenvalue weighted by molar-refractivity contribution is -0.117. The van der Waals surface area contributed by atoms with Crippen LogP contribution in [0.2, 0.25) is 0 Å². The van der Waals surface area contributed by atoms with Crippen LogP contribution in [0.25, 0.3) is 0 Å². The van der Waals surface area contributed by atoms with E-state index in [0.717, 1.165) is 12.1 Å². The third-order valence-corrected chi connectivity index (χ3v) is 3.27. The molecule has 0 aromatic heterocycles. The molecule has 7 nitrogen and oxygen atoms in total. The van der Waals surface area contributed by atoms with E-state index in [0.29, 0.717) is 12.1 Å². The number of nitrogens with one attached hydrogen (secondary N) is 2. The van der Waals surface area contributed by atoms with Gasteiger partial charge in [-0.15, -0.1) is 0 Å². The second-order valence-electron chi connectivity index (χ2n) is 4.80. The van der Waals surface area contributed by atoms with E-state index >= 15 is 0 Å². The van der Waals surface area contributed by atoms with Gasteiger partial charge in [0.2, 0.25) is 11.6 Å². The lowest BCUT2D eigenvalue weighted by atomic mass is 10.2. The number of hydrogen-bond donors (Lipinski definition) is 3. The highest BCUT2D eigenvalue weighted by Crippen LogP contribution is 2.28. The molecule has 1 amide bonds. The first-order valence-corrected chi connectivity index (χ1v) is 6.53. The first-order chi connectivity index (χ1) is 10.0. The maximum absolute atomic E-state index is 11.9. The molecular weight excluding hydrogens is 268 g/mol. The van der Waals surface area contributed by atoms with Gasteiger partial charge in [-0.3, -0.25) is 15.6 Å². The molecule has 1 aromatic carbocycles. The summed E-state index contributed by atoms with van der Waals surface area (Å²) in [5, 5.41) is 19.7. The summed E-state index contributed by atoms with van der Waals surface area (Å²) in [6.45, 7) is 2.01. The van der Waals surface area contributed by atoms with E-state index in [4.69, 9.17) is 16.4 Å². The van der Waals surface area contributed by atoms with Crippen LogP contribution in [-0.4, -0.2) is 23.5 Å². The van der Waals surface area contributed by atoms with E-state index < -0.39 is 5.84 Å². The lowest BCUT2D eigenvalue weighted by Crippen LogP contribution is -2.30.